The van der Waals surface area contributed by atoms with E-state index in [4.69, 9.17) is 9.47 Å². The third kappa shape index (κ3) is 4.51. The molecule has 2 aliphatic rings. The smallest absolute Gasteiger partial charge is 0.251 e. The van der Waals surface area contributed by atoms with E-state index < -0.39 is 11.7 Å². The lowest BCUT2D eigenvalue weighted by Crippen LogP contribution is -2.53. The summed E-state index contributed by atoms with van der Waals surface area (Å²) in [6.45, 7) is 3.52. The number of amides is 1. The van der Waals surface area contributed by atoms with Gasteiger partial charge in [-0.3, -0.25) is 14.4 Å². The van der Waals surface area contributed by atoms with Crippen LogP contribution in [0.15, 0.2) is 49.1 Å². The average molecular weight is 451 g/mol. The predicted octanol–water partition coefficient (Wildman–Crippen LogP) is 1.83. The Kier molecular flexibility index (Phi) is 5.90. The maximum atomic E-state index is 13.1. The molecule has 1 atom stereocenters. The number of methoxy groups -OCH3 is 1. The summed E-state index contributed by atoms with van der Waals surface area (Å²) < 4.78 is 15.7. The van der Waals surface area contributed by atoms with Crippen molar-refractivity contribution in [2.24, 2.45) is 7.05 Å². The SMILES string of the molecule is COc1cccc(CNC(=O)[C@H]2Cn3ccnc3C3(CCN(Cc4cnn(C)c4)CC3)O2)c1. The van der Waals surface area contributed by atoms with Crippen molar-refractivity contribution in [2.75, 3.05) is 20.2 Å². The van der Waals surface area contributed by atoms with Crippen LogP contribution in [-0.2, 0) is 41.8 Å². The molecule has 1 aromatic carbocycles. The lowest BCUT2D eigenvalue weighted by atomic mass is 9.88. The molecule has 33 heavy (non-hydrogen) atoms. The van der Waals surface area contributed by atoms with Crippen LogP contribution in [0, 0.1) is 0 Å². The second-order valence-corrected chi connectivity index (χ2v) is 8.87. The molecule has 0 radical (unpaired) electrons. The van der Waals surface area contributed by atoms with Crippen LogP contribution in [0.4, 0.5) is 0 Å². The number of ether oxygens (including phenoxy) is 2. The Hall–Kier alpha value is -3.17. The Morgan fingerprint density at radius 3 is 2.91 bits per heavy atom. The molecule has 174 valence electrons. The van der Waals surface area contributed by atoms with Gasteiger partial charge in [0, 0.05) is 57.4 Å². The number of nitrogens with zero attached hydrogens (tertiary/aromatic N) is 5. The second kappa shape index (κ2) is 8.99. The number of carbonyl (C=O) groups excluding carboxylic acids is 1. The maximum Gasteiger partial charge on any atom is 0.251 e. The summed E-state index contributed by atoms with van der Waals surface area (Å²) >= 11 is 0. The summed E-state index contributed by atoms with van der Waals surface area (Å²) in [5, 5.41) is 7.30. The molecular formula is C24H30N6O3. The van der Waals surface area contributed by atoms with Crippen molar-refractivity contribution in [1.29, 1.82) is 0 Å². The molecule has 1 spiro atoms. The number of likely N-dealkylation sites (tertiary alicyclic amines) is 1. The normalized spacial score (nSPS) is 19.9. The predicted molar refractivity (Wildman–Crippen MR) is 121 cm³/mol. The number of piperidine rings is 1. The molecule has 0 saturated carbocycles. The van der Waals surface area contributed by atoms with E-state index in [0.717, 1.165) is 49.6 Å². The van der Waals surface area contributed by atoms with Gasteiger partial charge in [-0.2, -0.15) is 5.10 Å². The highest BCUT2D eigenvalue weighted by atomic mass is 16.5. The number of hydrogen-bond acceptors (Lipinski definition) is 6. The van der Waals surface area contributed by atoms with Gasteiger partial charge in [0.2, 0.25) is 0 Å². The molecule has 2 aliphatic heterocycles. The van der Waals surface area contributed by atoms with Crippen LogP contribution in [-0.4, -0.2) is 56.4 Å². The Labute approximate surface area is 193 Å². The molecule has 0 bridgehead atoms. The molecule has 1 saturated heterocycles. The van der Waals surface area contributed by atoms with Crippen molar-refractivity contribution in [3.63, 3.8) is 0 Å². The first kappa shape index (κ1) is 21.7. The minimum Gasteiger partial charge on any atom is -0.497 e. The third-order valence-electron chi connectivity index (χ3n) is 6.57. The number of carbonyl (C=O) groups is 1. The van der Waals surface area contributed by atoms with Gasteiger partial charge in [0.25, 0.3) is 5.91 Å². The van der Waals surface area contributed by atoms with Crippen LogP contribution >= 0.6 is 0 Å². The molecule has 1 fully saturated rings. The molecular weight excluding hydrogens is 420 g/mol. The summed E-state index contributed by atoms with van der Waals surface area (Å²) in [5.41, 5.74) is 1.65. The number of hydrogen-bond donors (Lipinski definition) is 1. The van der Waals surface area contributed by atoms with Gasteiger partial charge >= 0.3 is 0 Å². The van der Waals surface area contributed by atoms with E-state index in [9.17, 15) is 4.79 Å². The van der Waals surface area contributed by atoms with Crippen LogP contribution in [0.25, 0.3) is 0 Å². The molecule has 0 aliphatic carbocycles. The van der Waals surface area contributed by atoms with Gasteiger partial charge in [0.15, 0.2) is 6.10 Å². The lowest BCUT2D eigenvalue weighted by molar-refractivity contribution is -0.174. The summed E-state index contributed by atoms with van der Waals surface area (Å²) in [5.74, 6) is 1.60. The number of imidazole rings is 1. The van der Waals surface area contributed by atoms with Crippen molar-refractivity contribution in [3.8, 4) is 5.75 Å². The fraction of sp³-hybridized carbons (Fsp3) is 0.458. The third-order valence-corrected chi connectivity index (χ3v) is 6.57. The summed E-state index contributed by atoms with van der Waals surface area (Å²) in [7, 11) is 3.57. The first-order chi connectivity index (χ1) is 16.0. The van der Waals surface area contributed by atoms with Crippen LogP contribution in [0.2, 0.25) is 0 Å². The van der Waals surface area contributed by atoms with Crippen molar-refractivity contribution in [2.45, 2.75) is 44.2 Å². The fourth-order valence-corrected chi connectivity index (χ4v) is 4.84. The molecule has 1 N–H and O–H groups in total. The van der Waals surface area contributed by atoms with Crippen LogP contribution < -0.4 is 10.1 Å². The van der Waals surface area contributed by atoms with Gasteiger partial charge in [0.1, 0.15) is 17.2 Å². The quantitative estimate of drug-likeness (QED) is 0.617. The van der Waals surface area contributed by atoms with Crippen molar-refractivity contribution < 1.29 is 14.3 Å². The zero-order chi connectivity index (χ0) is 22.8. The zero-order valence-corrected chi connectivity index (χ0v) is 19.1. The molecule has 5 rings (SSSR count). The average Bonchev–Trinajstić information content (AvgIpc) is 3.48. The molecule has 9 heteroatoms. The maximum absolute atomic E-state index is 13.1. The van der Waals surface area contributed by atoms with E-state index in [1.165, 1.54) is 5.56 Å². The first-order valence-electron chi connectivity index (χ1n) is 11.3. The summed E-state index contributed by atoms with van der Waals surface area (Å²) in [4.78, 5) is 20.1. The van der Waals surface area contributed by atoms with E-state index in [-0.39, 0.29) is 5.91 Å². The van der Waals surface area contributed by atoms with Crippen molar-refractivity contribution >= 4 is 5.91 Å². The highest BCUT2D eigenvalue weighted by Crippen LogP contribution is 2.40. The van der Waals surface area contributed by atoms with Gasteiger partial charge in [-0.25, -0.2) is 4.98 Å². The summed E-state index contributed by atoms with van der Waals surface area (Å²) in [6, 6.07) is 7.71. The van der Waals surface area contributed by atoms with E-state index in [1.54, 1.807) is 13.3 Å². The minimum atomic E-state index is -0.554. The number of rotatable bonds is 6. The van der Waals surface area contributed by atoms with Gasteiger partial charge in [-0.05, 0) is 30.5 Å². The Morgan fingerprint density at radius 1 is 1.30 bits per heavy atom. The molecule has 2 aromatic heterocycles. The van der Waals surface area contributed by atoms with Gasteiger partial charge in [0.05, 0.1) is 19.9 Å². The van der Waals surface area contributed by atoms with Gasteiger partial charge in [-0.1, -0.05) is 12.1 Å². The molecule has 0 unspecified atom stereocenters. The highest BCUT2D eigenvalue weighted by Gasteiger charge is 2.47. The van der Waals surface area contributed by atoms with E-state index in [0.29, 0.717) is 13.1 Å². The van der Waals surface area contributed by atoms with Crippen LogP contribution in [0.1, 0.15) is 29.8 Å². The second-order valence-electron chi connectivity index (χ2n) is 8.87. The topological polar surface area (TPSA) is 86.4 Å². The number of nitrogens with one attached hydrogen (secondary N) is 1. The van der Waals surface area contributed by atoms with Crippen LogP contribution in [0.5, 0.6) is 5.75 Å². The van der Waals surface area contributed by atoms with E-state index in [2.05, 4.69) is 31.1 Å². The van der Waals surface area contributed by atoms with Crippen molar-refractivity contribution in [3.05, 3.63) is 66.0 Å². The van der Waals surface area contributed by atoms with Gasteiger partial charge < -0.3 is 19.4 Å². The molecule has 9 nitrogen and oxygen atoms in total. The Morgan fingerprint density at radius 2 is 2.15 bits per heavy atom. The monoisotopic (exact) mass is 450 g/mol. The first-order valence-corrected chi connectivity index (χ1v) is 11.3. The summed E-state index contributed by atoms with van der Waals surface area (Å²) in [6.07, 6.45) is 8.76. The van der Waals surface area contributed by atoms with E-state index in [1.807, 2.05) is 48.4 Å². The standard InChI is InChI=1S/C24H30N6O3/c1-28-15-19(14-27-28)16-29-9-6-24(7-10-29)23-25-8-11-30(23)17-21(33-24)22(31)26-13-18-4-3-5-20(12-18)32-2/h3-5,8,11-12,14-15,21H,6-7,9-10,13,16-17H2,1-2H3,(H,26,31)/t21-/m1/s1. The van der Waals surface area contributed by atoms with Gasteiger partial charge in [-0.15, -0.1) is 0 Å². The Balaban J connectivity index is 1.25. The van der Waals surface area contributed by atoms with E-state index >= 15 is 0 Å². The number of benzene rings is 1. The lowest BCUT2D eigenvalue weighted by Gasteiger charge is -2.45. The van der Waals surface area contributed by atoms with Crippen molar-refractivity contribution in [1.82, 2.24) is 29.5 Å². The fourth-order valence-electron chi connectivity index (χ4n) is 4.84. The number of fused-ring (bicyclic) bond motifs is 2. The molecule has 3 aromatic rings. The number of aromatic nitrogens is 4. The zero-order valence-electron chi connectivity index (χ0n) is 19.1. The minimum absolute atomic E-state index is 0.102. The molecule has 1 amide bonds. The Bertz CT molecular complexity index is 1110. The number of aryl methyl sites for hydroxylation is 1. The largest absolute Gasteiger partial charge is 0.497 e. The molecule has 4 heterocycles. The highest BCUT2D eigenvalue weighted by molar-refractivity contribution is 5.81. The van der Waals surface area contributed by atoms with Crippen LogP contribution in [0.3, 0.4) is 0 Å².